The molecule has 2 N–H and O–H groups in total. The second-order valence-corrected chi connectivity index (χ2v) is 13.4. The van der Waals surface area contributed by atoms with Crippen molar-refractivity contribution in [1.82, 2.24) is 5.32 Å². The molecule has 0 radical (unpaired) electrons. The minimum Gasteiger partial charge on any atom is -0.510 e. The molecule has 0 aromatic carbocycles. The molecule has 1 aliphatic carbocycles. The summed E-state index contributed by atoms with van der Waals surface area (Å²) in [7, 11) is 2.73. The maximum atomic E-state index is 14.1. The molecule has 0 amide bonds. The minimum absolute atomic E-state index is 0.0728. The molecule has 3 atom stereocenters. The summed E-state index contributed by atoms with van der Waals surface area (Å²) in [4.78, 5) is 41.9. The number of carbonyl (C=O) groups excluding carboxylic acids is 2. The number of hydrogen-bond donors (Lipinski definition) is 2. The maximum absolute atomic E-state index is 14.1. The summed E-state index contributed by atoms with van der Waals surface area (Å²) >= 11 is 0. The first kappa shape index (κ1) is 33.1. The zero-order chi connectivity index (χ0) is 34.8. The van der Waals surface area contributed by atoms with Crippen LogP contribution < -0.4 is 5.32 Å². The molecule has 0 saturated carbocycles. The van der Waals surface area contributed by atoms with Gasteiger partial charge in [-0.15, -0.1) is 0 Å². The van der Waals surface area contributed by atoms with Crippen LogP contribution >= 0.6 is 0 Å². The third kappa shape index (κ3) is 4.61. The number of esters is 2. The van der Waals surface area contributed by atoms with Crippen LogP contribution in [0.1, 0.15) is 67.7 Å². The molecular formula is C39H44N4O5. The number of aliphatic imine (C=N–C) groups is 3. The number of aliphatic hydroxyl groups excluding tert-OH is 1. The number of rotatable bonds is 7. The summed E-state index contributed by atoms with van der Waals surface area (Å²) in [5.41, 5.74) is 10.5. The Hall–Kier alpha value is -4.79. The number of fused-ring (bicyclic) bond motifs is 5. The molecule has 1 saturated heterocycles. The lowest BCUT2D eigenvalue weighted by molar-refractivity contribution is -0.151. The zero-order valence-corrected chi connectivity index (χ0v) is 29.3. The number of nitrogens with one attached hydrogen (secondary N) is 1. The van der Waals surface area contributed by atoms with E-state index in [0.29, 0.717) is 29.0 Å². The highest BCUT2D eigenvalue weighted by molar-refractivity contribution is 6.25. The van der Waals surface area contributed by atoms with E-state index in [9.17, 15) is 14.7 Å². The van der Waals surface area contributed by atoms with Crippen LogP contribution in [0.15, 0.2) is 119 Å². The first-order valence-corrected chi connectivity index (χ1v) is 16.6. The number of carbonyl (C=O) groups is 2. The number of aliphatic hydroxyl groups is 1. The highest BCUT2D eigenvalue weighted by atomic mass is 16.5. The van der Waals surface area contributed by atoms with Crippen molar-refractivity contribution in [3.63, 3.8) is 0 Å². The van der Waals surface area contributed by atoms with Crippen molar-refractivity contribution in [2.75, 3.05) is 14.2 Å². The van der Waals surface area contributed by atoms with Gasteiger partial charge in [-0.2, -0.15) is 0 Å². The quantitative estimate of drug-likeness (QED) is 0.281. The van der Waals surface area contributed by atoms with Crippen LogP contribution in [-0.2, 0) is 19.1 Å². The fourth-order valence-electron chi connectivity index (χ4n) is 8.04. The summed E-state index contributed by atoms with van der Waals surface area (Å²) in [6, 6.07) is 0. The van der Waals surface area contributed by atoms with Crippen LogP contribution in [0.4, 0.5) is 0 Å². The molecule has 6 rings (SSSR count). The molecule has 0 aromatic heterocycles. The van der Waals surface area contributed by atoms with Crippen molar-refractivity contribution >= 4 is 29.1 Å². The van der Waals surface area contributed by atoms with E-state index in [1.165, 1.54) is 14.2 Å². The highest BCUT2D eigenvalue weighted by Gasteiger charge is 2.61. The number of ether oxygens (including phenoxy) is 2. The van der Waals surface area contributed by atoms with E-state index < -0.39 is 17.3 Å². The van der Waals surface area contributed by atoms with Crippen LogP contribution in [0.5, 0.6) is 0 Å². The zero-order valence-electron chi connectivity index (χ0n) is 29.3. The Labute approximate surface area is 282 Å². The van der Waals surface area contributed by atoms with Gasteiger partial charge in [0.05, 0.1) is 48.4 Å². The fourth-order valence-corrected chi connectivity index (χ4v) is 8.04. The van der Waals surface area contributed by atoms with Crippen molar-refractivity contribution in [2.24, 2.45) is 38.1 Å². The van der Waals surface area contributed by atoms with Gasteiger partial charge in [0.1, 0.15) is 5.76 Å². The molecule has 5 aliphatic heterocycles. The standard InChI is InChI=1S/C39H44N4O5/c1-11-23-19(5)26-15-28-21(7)25(13-14-32(44)47-9)35(42-28)34-36-33(37(45)39(34,18(3)4)38(46)48-10)22(8)29(43-36)17-31-24(12-2)20(6)27(41-31)16-30(23)40-26/h11,15-18,21,25,42,45H,1,12-14H2,2-10H3/t21-,25-,39+/m0/s1. The van der Waals surface area contributed by atoms with Gasteiger partial charge in [-0.1, -0.05) is 40.3 Å². The van der Waals surface area contributed by atoms with Gasteiger partial charge in [-0.3, -0.25) is 9.59 Å². The lowest BCUT2D eigenvalue weighted by Crippen LogP contribution is -2.42. The first-order valence-electron chi connectivity index (χ1n) is 16.6. The van der Waals surface area contributed by atoms with Crippen molar-refractivity contribution in [1.29, 1.82) is 0 Å². The van der Waals surface area contributed by atoms with Crippen molar-refractivity contribution < 1.29 is 24.2 Å². The Kier molecular flexibility index (Phi) is 8.30. The van der Waals surface area contributed by atoms with E-state index in [4.69, 9.17) is 24.5 Å². The van der Waals surface area contributed by atoms with Crippen molar-refractivity contribution in [2.45, 2.75) is 67.7 Å². The second-order valence-electron chi connectivity index (χ2n) is 13.4. The number of hydrogen-bond acceptors (Lipinski definition) is 9. The predicted octanol–water partition coefficient (Wildman–Crippen LogP) is 7.22. The van der Waals surface area contributed by atoms with Gasteiger partial charge in [-0.25, -0.2) is 15.0 Å². The van der Waals surface area contributed by atoms with E-state index in [2.05, 4.69) is 32.7 Å². The SMILES string of the molecule is C=CC1=C(C)C2=NC1=CC1=NC(=CC3=C(C)C4=C(O)[C@@](C(=O)OC)(C(C)C)C(=C5NC(=C2)[C@@H](C)[C@@H]5CCC(=O)OC)C4=N3)C(CC)=C1C. The van der Waals surface area contributed by atoms with Crippen LogP contribution in [-0.4, -0.2) is 48.4 Å². The summed E-state index contributed by atoms with van der Waals surface area (Å²) in [5.74, 6) is -1.70. The predicted molar refractivity (Wildman–Crippen MR) is 188 cm³/mol. The Morgan fingerprint density at radius 1 is 1.02 bits per heavy atom. The third-order valence-corrected chi connectivity index (χ3v) is 10.8. The lowest BCUT2D eigenvalue weighted by Gasteiger charge is -2.34. The Morgan fingerprint density at radius 2 is 1.71 bits per heavy atom. The van der Waals surface area contributed by atoms with Crippen LogP contribution in [0.2, 0.25) is 0 Å². The third-order valence-electron chi connectivity index (χ3n) is 10.8. The van der Waals surface area contributed by atoms with E-state index in [1.54, 1.807) is 0 Å². The van der Waals surface area contributed by atoms with Gasteiger partial charge in [0.2, 0.25) is 0 Å². The highest BCUT2D eigenvalue weighted by Crippen LogP contribution is 2.57. The lowest BCUT2D eigenvalue weighted by atomic mass is 9.69. The molecular weight excluding hydrogens is 604 g/mol. The smallest absolute Gasteiger partial charge is 0.324 e. The average Bonchev–Trinajstić information content (AvgIpc) is 3.79. The Balaban J connectivity index is 1.73. The number of methoxy groups -OCH3 is 2. The molecule has 0 aromatic rings. The minimum atomic E-state index is -1.52. The van der Waals surface area contributed by atoms with Crippen LogP contribution in [0.3, 0.4) is 0 Å². The van der Waals surface area contributed by atoms with E-state index in [-0.39, 0.29) is 30.0 Å². The molecule has 1 fully saturated rings. The second kappa shape index (κ2) is 12.0. The molecule has 5 heterocycles. The van der Waals surface area contributed by atoms with Gasteiger partial charge in [-0.05, 0) is 80.1 Å². The average molecular weight is 649 g/mol. The largest absolute Gasteiger partial charge is 0.510 e. The molecule has 9 heteroatoms. The number of allylic oxidation sites excluding steroid dienone is 11. The Morgan fingerprint density at radius 3 is 2.33 bits per heavy atom. The molecule has 0 spiro atoms. The van der Waals surface area contributed by atoms with Crippen LogP contribution in [0.25, 0.3) is 0 Å². The van der Waals surface area contributed by atoms with Crippen LogP contribution in [0, 0.1) is 23.2 Å². The van der Waals surface area contributed by atoms with Gasteiger partial charge in [0.15, 0.2) is 5.41 Å². The molecule has 0 unspecified atom stereocenters. The van der Waals surface area contributed by atoms with E-state index in [0.717, 1.165) is 68.5 Å². The van der Waals surface area contributed by atoms with E-state index in [1.807, 2.05) is 52.0 Å². The molecule has 9 nitrogen and oxygen atoms in total. The summed E-state index contributed by atoms with van der Waals surface area (Å²) in [6.45, 7) is 18.2. The molecule has 250 valence electrons. The van der Waals surface area contributed by atoms with Gasteiger partial charge in [0, 0.05) is 46.4 Å². The monoisotopic (exact) mass is 648 g/mol. The van der Waals surface area contributed by atoms with Crippen molar-refractivity contribution in [3.05, 3.63) is 104 Å². The van der Waals surface area contributed by atoms with Gasteiger partial charge < -0.3 is 19.9 Å². The fraction of sp³-hybridized carbons (Fsp3) is 0.410. The summed E-state index contributed by atoms with van der Waals surface area (Å²) < 4.78 is 10.5. The molecule has 8 bridgehead atoms. The first-order chi connectivity index (χ1) is 22.8. The van der Waals surface area contributed by atoms with Gasteiger partial charge in [0.25, 0.3) is 0 Å². The summed E-state index contributed by atoms with van der Waals surface area (Å²) in [6.07, 6.45) is 9.27. The maximum Gasteiger partial charge on any atom is 0.324 e. The molecule has 48 heavy (non-hydrogen) atoms. The number of nitrogens with zero attached hydrogens (tertiary/aromatic N) is 3. The normalized spacial score (nSPS) is 26.1. The van der Waals surface area contributed by atoms with E-state index >= 15 is 0 Å². The Bertz CT molecular complexity index is 1930. The summed E-state index contributed by atoms with van der Waals surface area (Å²) in [5, 5.41) is 15.9. The topological polar surface area (TPSA) is 122 Å². The molecule has 6 aliphatic rings. The van der Waals surface area contributed by atoms with Gasteiger partial charge >= 0.3 is 11.9 Å². The van der Waals surface area contributed by atoms with Crippen molar-refractivity contribution in [3.8, 4) is 0 Å².